The average molecular weight is 234 g/mol. The van der Waals surface area contributed by atoms with Gasteiger partial charge in [0.15, 0.2) is 0 Å². The minimum absolute atomic E-state index is 0.206. The van der Waals surface area contributed by atoms with E-state index in [1.807, 2.05) is 6.07 Å². The first-order valence-electron chi connectivity index (χ1n) is 5.28. The molecule has 0 aromatic heterocycles. The molecule has 0 aliphatic carbocycles. The Morgan fingerprint density at radius 3 is 2.47 bits per heavy atom. The quantitative estimate of drug-likeness (QED) is 0.626. The second-order valence-corrected chi connectivity index (χ2v) is 3.36. The molecular formula is C13H14O4. The van der Waals surface area contributed by atoms with Gasteiger partial charge in [-0.25, -0.2) is 4.79 Å². The lowest BCUT2D eigenvalue weighted by molar-refractivity contribution is -0.137. The van der Waals surface area contributed by atoms with Crippen LogP contribution in [-0.2, 0) is 14.3 Å². The molecule has 0 radical (unpaired) electrons. The van der Waals surface area contributed by atoms with E-state index in [2.05, 4.69) is 0 Å². The van der Waals surface area contributed by atoms with Crippen LogP contribution in [0.3, 0.4) is 0 Å². The fraction of sp³-hybridized carbons (Fsp3) is 0.231. The summed E-state index contributed by atoms with van der Waals surface area (Å²) < 4.78 is 4.77. The van der Waals surface area contributed by atoms with Gasteiger partial charge in [-0.3, -0.25) is 4.79 Å². The van der Waals surface area contributed by atoms with Gasteiger partial charge >= 0.3 is 11.9 Å². The summed E-state index contributed by atoms with van der Waals surface area (Å²) in [6, 6.07) is 8.92. The van der Waals surface area contributed by atoms with Crippen molar-refractivity contribution in [1.29, 1.82) is 0 Å². The molecule has 17 heavy (non-hydrogen) atoms. The second kappa shape index (κ2) is 6.48. The van der Waals surface area contributed by atoms with E-state index in [-0.39, 0.29) is 13.0 Å². The van der Waals surface area contributed by atoms with Gasteiger partial charge in [0.2, 0.25) is 0 Å². The molecule has 0 saturated heterocycles. The first kappa shape index (κ1) is 13.0. The summed E-state index contributed by atoms with van der Waals surface area (Å²) in [5.74, 6) is -1.50. The predicted molar refractivity (Wildman–Crippen MR) is 63.3 cm³/mol. The summed E-state index contributed by atoms with van der Waals surface area (Å²) in [5.41, 5.74) is 1.15. The van der Waals surface area contributed by atoms with Crippen LogP contribution < -0.4 is 0 Å². The first-order valence-corrected chi connectivity index (χ1v) is 5.28. The molecular weight excluding hydrogens is 220 g/mol. The van der Waals surface area contributed by atoms with E-state index in [9.17, 15) is 9.59 Å². The van der Waals surface area contributed by atoms with Gasteiger partial charge in [-0.2, -0.15) is 0 Å². The molecule has 1 aromatic rings. The van der Waals surface area contributed by atoms with Gasteiger partial charge < -0.3 is 9.84 Å². The topological polar surface area (TPSA) is 63.6 Å². The third kappa shape index (κ3) is 4.51. The van der Waals surface area contributed by atoms with Crippen molar-refractivity contribution in [2.45, 2.75) is 13.3 Å². The third-order valence-corrected chi connectivity index (χ3v) is 2.06. The molecule has 4 nitrogen and oxygen atoms in total. The molecule has 0 aliphatic heterocycles. The van der Waals surface area contributed by atoms with Crippen molar-refractivity contribution in [3.05, 3.63) is 42.0 Å². The van der Waals surface area contributed by atoms with Gasteiger partial charge in [-0.05, 0) is 18.1 Å². The highest BCUT2D eigenvalue weighted by molar-refractivity contribution is 5.95. The number of rotatable bonds is 5. The average Bonchev–Trinajstić information content (AvgIpc) is 2.29. The summed E-state index contributed by atoms with van der Waals surface area (Å²) in [6.07, 6.45) is 1.02. The molecule has 1 rings (SSSR count). The van der Waals surface area contributed by atoms with Crippen molar-refractivity contribution >= 4 is 17.5 Å². The Bertz CT molecular complexity index is 420. The maximum atomic E-state index is 11.3. The standard InChI is InChI=1S/C13H14O4/c1-2-17-13(16)9-11(8-12(14)15)10-6-4-3-5-7-10/h3-7,9H,2,8H2,1H3,(H,14,15). The van der Waals surface area contributed by atoms with Crippen molar-refractivity contribution in [3.8, 4) is 0 Å². The Hall–Kier alpha value is -2.10. The van der Waals surface area contributed by atoms with Crippen LogP contribution in [0, 0.1) is 0 Å². The zero-order valence-corrected chi connectivity index (χ0v) is 9.55. The number of aliphatic carboxylic acids is 1. The Labute approximate surface area is 99.5 Å². The summed E-state index contributed by atoms with van der Waals surface area (Å²) >= 11 is 0. The monoisotopic (exact) mass is 234 g/mol. The van der Waals surface area contributed by atoms with Crippen LogP contribution in [0.1, 0.15) is 18.9 Å². The molecule has 1 aromatic carbocycles. The maximum Gasteiger partial charge on any atom is 0.331 e. The lowest BCUT2D eigenvalue weighted by atomic mass is 10.0. The summed E-state index contributed by atoms with van der Waals surface area (Å²) in [7, 11) is 0. The van der Waals surface area contributed by atoms with Crippen molar-refractivity contribution in [1.82, 2.24) is 0 Å². The Morgan fingerprint density at radius 1 is 1.29 bits per heavy atom. The normalized spacial score (nSPS) is 11.0. The van der Waals surface area contributed by atoms with Crippen molar-refractivity contribution in [2.75, 3.05) is 6.61 Å². The number of carbonyl (C=O) groups excluding carboxylic acids is 1. The smallest absolute Gasteiger partial charge is 0.331 e. The van der Waals surface area contributed by atoms with E-state index < -0.39 is 11.9 Å². The van der Waals surface area contributed by atoms with E-state index in [4.69, 9.17) is 9.84 Å². The lowest BCUT2D eigenvalue weighted by Gasteiger charge is -2.05. The molecule has 0 fully saturated rings. The minimum atomic E-state index is -0.982. The van der Waals surface area contributed by atoms with Gasteiger partial charge in [-0.15, -0.1) is 0 Å². The molecule has 0 aliphatic rings. The number of carboxylic acids is 1. The molecule has 0 unspecified atom stereocenters. The molecule has 0 saturated carbocycles. The highest BCUT2D eigenvalue weighted by atomic mass is 16.5. The second-order valence-electron chi connectivity index (χ2n) is 3.36. The van der Waals surface area contributed by atoms with Crippen LogP contribution in [-0.4, -0.2) is 23.7 Å². The number of esters is 1. The maximum absolute atomic E-state index is 11.3. The number of ether oxygens (including phenoxy) is 1. The van der Waals surface area contributed by atoms with E-state index in [0.29, 0.717) is 11.1 Å². The van der Waals surface area contributed by atoms with Crippen LogP contribution >= 0.6 is 0 Å². The largest absolute Gasteiger partial charge is 0.481 e. The molecule has 4 heteroatoms. The van der Waals surface area contributed by atoms with Gasteiger partial charge in [0, 0.05) is 6.08 Å². The molecule has 0 heterocycles. The van der Waals surface area contributed by atoms with Gasteiger partial charge in [0.25, 0.3) is 0 Å². The van der Waals surface area contributed by atoms with Crippen LogP contribution in [0.2, 0.25) is 0 Å². The van der Waals surface area contributed by atoms with Crippen molar-refractivity contribution in [2.24, 2.45) is 0 Å². The number of carboxylic acid groups (broad SMARTS) is 1. The SMILES string of the molecule is CCOC(=O)C=C(CC(=O)O)c1ccccc1. The van der Waals surface area contributed by atoms with Gasteiger partial charge in [0.05, 0.1) is 13.0 Å². The van der Waals surface area contributed by atoms with Crippen LogP contribution in [0.4, 0.5) is 0 Å². The lowest BCUT2D eigenvalue weighted by Crippen LogP contribution is -2.03. The fourth-order valence-electron chi connectivity index (χ4n) is 1.38. The van der Waals surface area contributed by atoms with Gasteiger partial charge in [0.1, 0.15) is 0 Å². The number of carbonyl (C=O) groups is 2. The number of hydrogen-bond acceptors (Lipinski definition) is 3. The Kier molecular flexibility index (Phi) is 4.94. The van der Waals surface area contributed by atoms with Gasteiger partial charge in [-0.1, -0.05) is 30.3 Å². The van der Waals surface area contributed by atoms with E-state index in [1.165, 1.54) is 6.08 Å². The van der Waals surface area contributed by atoms with Crippen LogP contribution in [0.15, 0.2) is 36.4 Å². The molecule has 0 atom stereocenters. The van der Waals surface area contributed by atoms with E-state index in [0.717, 1.165) is 0 Å². The highest BCUT2D eigenvalue weighted by Crippen LogP contribution is 2.18. The van der Waals surface area contributed by atoms with Crippen molar-refractivity contribution < 1.29 is 19.4 Å². The van der Waals surface area contributed by atoms with Crippen molar-refractivity contribution in [3.63, 3.8) is 0 Å². The molecule has 90 valence electrons. The van der Waals surface area contributed by atoms with E-state index >= 15 is 0 Å². The summed E-state index contributed by atoms with van der Waals surface area (Å²) in [6.45, 7) is 1.97. The molecule has 0 bridgehead atoms. The van der Waals surface area contributed by atoms with E-state index in [1.54, 1.807) is 31.2 Å². The molecule has 0 spiro atoms. The zero-order chi connectivity index (χ0) is 12.7. The first-order chi connectivity index (χ1) is 8.13. The minimum Gasteiger partial charge on any atom is -0.481 e. The third-order valence-electron chi connectivity index (χ3n) is 2.06. The summed E-state index contributed by atoms with van der Waals surface area (Å²) in [4.78, 5) is 22.0. The molecule has 0 amide bonds. The van der Waals surface area contributed by atoms with Crippen LogP contribution in [0.25, 0.3) is 5.57 Å². The number of hydrogen-bond donors (Lipinski definition) is 1. The predicted octanol–water partition coefficient (Wildman–Crippen LogP) is 2.11. The fourth-order valence-corrected chi connectivity index (χ4v) is 1.38. The Balaban J connectivity index is 2.96. The Morgan fingerprint density at radius 2 is 1.94 bits per heavy atom. The zero-order valence-electron chi connectivity index (χ0n) is 9.55. The number of benzene rings is 1. The summed E-state index contributed by atoms with van der Waals surface area (Å²) in [5, 5.41) is 8.80. The molecule has 1 N–H and O–H groups in total. The highest BCUT2D eigenvalue weighted by Gasteiger charge is 2.09. The van der Waals surface area contributed by atoms with Crippen LogP contribution in [0.5, 0.6) is 0 Å².